The van der Waals surface area contributed by atoms with Crippen LogP contribution in [0.5, 0.6) is 0 Å². The summed E-state index contributed by atoms with van der Waals surface area (Å²) in [6.07, 6.45) is 15.6. The van der Waals surface area contributed by atoms with Crippen molar-refractivity contribution in [3.8, 4) is 0 Å². The van der Waals surface area contributed by atoms with Crippen LogP contribution < -0.4 is 5.73 Å². The Morgan fingerprint density at radius 2 is 1.38 bits per heavy atom. The van der Waals surface area contributed by atoms with Crippen LogP contribution in [0.25, 0.3) is 0 Å². The van der Waals surface area contributed by atoms with Crippen molar-refractivity contribution < 1.29 is 28.0 Å². The molecule has 0 aromatic carbocycles. The SMILES string of the molecule is CCCCCCCCCCCCCCCC(=O)OC(CC)OP(=O)(O)OCCN. The number of phosphoric acid groups is 1. The minimum absolute atomic E-state index is 0.100. The van der Waals surface area contributed by atoms with Crippen LogP contribution in [-0.4, -0.2) is 30.3 Å². The first-order valence-corrected chi connectivity index (χ1v) is 13.0. The Bertz CT molecular complexity index is 435. The van der Waals surface area contributed by atoms with E-state index in [1.165, 1.54) is 64.2 Å². The van der Waals surface area contributed by atoms with Gasteiger partial charge in [0.2, 0.25) is 6.29 Å². The quantitative estimate of drug-likeness (QED) is 0.100. The monoisotopic (exact) mass is 437 g/mol. The third kappa shape index (κ3) is 19.3. The van der Waals surface area contributed by atoms with E-state index in [0.29, 0.717) is 0 Å². The van der Waals surface area contributed by atoms with Gasteiger partial charge in [-0.1, -0.05) is 90.9 Å². The molecule has 0 saturated carbocycles. The van der Waals surface area contributed by atoms with Gasteiger partial charge < -0.3 is 15.4 Å². The molecular weight excluding hydrogens is 393 g/mol. The molecule has 0 bridgehead atoms. The van der Waals surface area contributed by atoms with Crippen LogP contribution in [0.15, 0.2) is 0 Å². The van der Waals surface area contributed by atoms with E-state index >= 15 is 0 Å². The van der Waals surface area contributed by atoms with Crippen molar-refractivity contribution in [1.29, 1.82) is 0 Å². The van der Waals surface area contributed by atoms with Crippen molar-refractivity contribution in [2.24, 2.45) is 5.73 Å². The number of esters is 1. The van der Waals surface area contributed by atoms with Gasteiger partial charge in [-0.3, -0.25) is 9.32 Å². The van der Waals surface area contributed by atoms with Gasteiger partial charge in [-0.25, -0.2) is 9.09 Å². The van der Waals surface area contributed by atoms with Crippen LogP contribution in [0.1, 0.15) is 110 Å². The van der Waals surface area contributed by atoms with Crippen molar-refractivity contribution >= 4 is 13.8 Å². The van der Waals surface area contributed by atoms with E-state index < -0.39 is 20.1 Å². The lowest BCUT2D eigenvalue weighted by molar-refractivity contribution is -0.166. The van der Waals surface area contributed by atoms with Gasteiger partial charge in [-0.2, -0.15) is 0 Å². The smallest absolute Gasteiger partial charge is 0.435 e. The summed E-state index contributed by atoms with van der Waals surface area (Å²) in [5.74, 6) is -0.418. The van der Waals surface area contributed by atoms with Crippen LogP contribution >= 0.6 is 7.82 Å². The Balaban J connectivity index is 3.62. The highest BCUT2D eigenvalue weighted by Gasteiger charge is 2.27. The summed E-state index contributed by atoms with van der Waals surface area (Å²) in [5.41, 5.74) is 5.22. The van der Waals surface area contributed by atoms with Gasteiger partial charge in [0.25, 0.3) is 0 Å². The number of hydrogen-bond acceptors (Lipinski definition) is 6. The Labute approximate surface area is 177 Å². The largest absolute Gasteiger partial charge is 0.475 e. The Morgan fingerprint density at radius 3 is 1.83 bits per heavy atom. The van der Waals surface area contributed by atoms with Crippen LogP contribution in [0.4, 0.5) is 0 Å². The summed E-state index contributed by atoms with van der Waals surface area (Å²) in [6, 6.07) is 0. The number of phosphoric ester groups is 1. The third-order valence-electron chi connectivity index (χ3n) is 4.70. The van der Waals surface area contributed by atoms with Crippen molar-refractivity contribution in [2.45, 2.75) is 116 Å². The maximum atomic E-state index is 11.9. The van der Waals surface area contributed by atoms with E-state index in [4.69, 9.17) is 15.0 Å². The average molecular weight is 438 g/mol. The Hall–Kier alpha value is -0.460. The minimum atomic E-state index is -4.26. The molecule has 0 aliphatic rings. The molecule has 0 aliphatic heterocycles. The lowest BCUT2D eigenvalue weighted by Crippen LogP contribution is -2.20. The van der Waals surface area contributed by atoms with E-state index in [2.05, 4.69) is 11.4 Å². The molecule has 2 unspecified atom stereocenters. The highest BCUT2D eigenvalue weighted by molar-refractivity contribution is 7.47. The number of unbranched alkanes of at least 4 members (excludes halogenated alkanes) is 12. The van der Waals surface area contributed by atoms with E-state index in [0.717, 1.165) is 19.3 Å². The first kappa shape index (κ1) is 28.5. The number of ether oxygens (including phenoxy) is 1. The molecule has 8 heteroatoms. The lowest BCUT2D eigenvalue weighted by Gasteiger charge is -2.19. The van der Waals surface area contributed by atoms with Gasteiger partial charge in [0.15, 0.2) is 0 Å². The average Bonchev–Trinajstić information content (AvgIpc) is 2.69. The summed E-state index contributed by atoms with van der Waals surface area (Å²) in [7, 11) is -4.26. The highest BCUT2D eigenvalue weighted by atomic mass is 31.2. The van der Waals surface area contributed by atoms with Crippen LogP contribution in [0.3, 0.4) is 0 Å². The standard InChI is InChI=1S/C21H44NO6P/c1-3-5-6-7-8-9-10-11-12-13-14-15-16-17-20(23)27-21(4-2)28-29(24,25)26-19-18-22/h21H,3-19,22H2,1-2H3,(H,24,25). The first-order valence-electron chi connectivity index (χ1n) is 11.5. The van der Waals surface area contributed by atoms with Gasteiger partial charge in [0, 0.05) is 19.4 Å². The summed E-state index contributed by atoms with van der Waals surface area (Å²) < 4.78 is 26.3. The topological polar surface area (TPSA) is 108 Å². The molecule has 0 aliphatic carbocycles. The number of hydrogen-bond donors (Lipinski definition) is 2. The molecule has 3 N–H and O–H groups in total. The van der Waals surface area contributed by atoms with Crippen molar-refractivity contribution in [2.75, 3.05) is 13.2 Å². The van der Waals surface area contributed by atoms with E-state index in [1.54, 1.807) is 6.92 Å². The third-order valence-corrected chi connectivity index (χ3v) is 5.71. The highest BCUT2D eigenvalue weighted by Crippen LogP contribution is 2.44. The van der Waals surface area contributed by atoms with E-state index in [-0.39, 0.29) is 26.0 Å². The molecule has 0 rings (SSSR count). The fourth-order valence-corrected chi connectivity index (χ4v) is 3.91. The zero-order valence-electron chi connectivity index (χ0n) is 18.6. The van der Waals surface area contributed by atoms with Gasteiger partial charge in [0.1, 0.15) is 0 Å². The summed E-state index contributed by atoms with van der Waals surface area (Å²) >= 11 is 0. The van der Waals surface area contributed by atoms with Crippen LogP contribution in [0, 0.1) is 0 Å². The molecule has 174 valence electrons. The van der Waals surface area contributed by atoms with Crippen molar-refractivity contribution in [1.82, 2.24) is 0 Å². The first-order chi connectivity index (χ1) is 13.9. The molecule has 0 fully saturated rings. The predicted octanol–water partition coefficient (Wildman–Crippen LogP) is 5.84. The zero-order chi connectivity index (χ0) is 21.8. The molecule has 0 radical (unpaired) electrons. The number of carbonyl (C=O) groups is 1. The molecule has 7 nitrogen and oxygen atoms in total. The van der Waals surface area contributed by atoms with Gasteiger partial charge >= 0.3 is 13.8 Å². The maximum absolute atomic E-state index is 11.9. The maximum Gasteiger partial charge on any atom is 0.475 e. The summed E-state index contributed by atoms with van der Waals surface area (Å²) in [4.78, 5) is 21.4. The van der Waals surface area contributed by atoms with Crippen molar-refractivity contribution in [3.05, 3.63) is 0 Å². The van der Waals surface area contributed by atoms with Gasteiger partial charge in [-0.15, -0.1) is 0 Å². The van der Waals surface area contributed by atoms with Crippen LogP contribution in [0.2, 0.25) is 0 Å². The van der Waals surface area contributed by atoms with E-state index in [1.807, 2.05) is 0 Å². The molecule has 0 amide bonds. The zero-order valence-corrected chi connectivity index (χ0v) is 19.5. The molecule has 29 heavy (non-hydrogen) atoms. The number of carbonyl (C=O) groups excluding carboxylic acids is 1. The normalized spacial score (nSPS) is 14.5. The Morgan fingerprint density at radius 1 is 0.897 bits per heavy atom. The second-order valence-electron chi connectivity index (χ2n) is 7.52. The second kappa shape index (κ2) is 19.5. The fraction of sp³-hybridized carbons (Fsp3) is 0.952. The summed E-state index contributed by atoms with van der Waals surface area (Å²) in [5, 5.41) is 0. The Kier molecular flexibility index (Phi) is 19.2. The molecular formula is C21H44NO6P. The molecule has 2 atom stereocenters. The fourth-order valence-electron chi connectivity index (χ4n) is 3.02. The second-order valence-corrected chi connectivity index (χ2v) is 8.92. The minimum Gasteiger partial charge on any atom is -0.435 e. The summed E-state index contributed by atoms with van der Waals surface area (Å²) in [6.45, 7) is 3.95. The van der Waals surface area contributed by atoms with Gasteiger partial charge in [-0.05, 0) is 6.42 Å². The predicted molar refractivity (Wildman–Crippen MR) is 116 cm³/mol. The molecule has 0 saturated heterocycles. The lowest BCUT2D eigenvalue weighted by atomic mass is 10.0. The molecule has 0 aromatic rings. The van der Waals surface area contributed by atoms with Crippen molar-refractivity contribution in [3.63, 3.8) is 0 Å². The number of rotatable bonds is 21. The molecule has 0 heterocycles. The molecule has 0 aromatic heterocycles. The number of nitrogens with two attached hydrogens (primary N) is 1. The van der Waals surface area contributed by atoms with Gasteiger partial charge in [0.05, 0.1) is 6.61 Å². The van der Waals surface area contributed by atoms with Crippen LogP contribution in [-0.2, 0) is 23.1 Å². The molecule has 0 spiro atoms. The van der Waals surface area contributed by atoms with E-state index in [9.17, 15) is 14.3 Å².